The van der Waals surface area contributed by atoms with Crippen molar-refractivity contribution < 1.29 is 9.31 Å². The normalized spacial score (nSPS) is 9.30. The van der Waals surface area contributed by atoms with Crippen LogP contribution < -0.4 is 5.73 Å². The minimum absolute atomic E-state index is 0.0394. The predicted octanol–water partition coefficient (Wildman–Crippen LogP) is 4.25. The number of halogens is 1. The van der Waals surface area contributed by atoms with Gasteiger partial charge in [-0.3, -0.25) is 14.8 Å². The molecule has 0 aromatic heterocycles. The van der Waals surface area contributed by atoms with Gasteiger partial charge >= 0.3 is 0 Å². The SMILES string of the molecule is CC.CN(P)Cc1ccc(F)cc1.Nc1ccccc1[N+](=O)[O-]. The molecule has 0 saturated carbocycles. The Morgan fingerprint density at radius 1 is 1.17 bits per heavy atom. The van der Waals surface area contributed by atoms with Crippen molar-refractivity contribution in [1.82, 2.24) is 4.67 Å². The summed E-state index contributed by atoms with van der Waals surface area (Å²) in [6, 6.07) is 12.6. The monoisotopic (exact) mass is 339 g/mol. The third-order valence-corrected chi connectivity index (χ3v) is 2.66. The van der Waals surface area contributed by atoms with Crippen molar-refractivity contribution in [2.75, 3.05) is 12.8 Å². The van der Waals surface area contributed by atoms with Gasteiger partial charge in [0.25, 0.3) is 5.69 Å². The molecule has 2 aromatic rings. The summed E-state index contributed by atoms with van der Waals surface area (Å²) in [6.45, 7) is 4.82. The lowest BCUT2D eigenvalue weighted by Gasteiger charge is -2.08. The van der Waals surface area contributed by atoms with Crippen molar-refractivity contribution in [1.29, 1.82) is 0 Å². The molecule has 7 heteroatoms. The molecule has 2 aromatic carbocycles. The third-order valence-electron chi connectivity index (χ3n) is 2.48. The lowest BCUT2D eigenvalue weighted by molar-refractivity contribution is -0.383. The Morgan fingerprint density at radius 2 is 1.70 bits per heavy atom. The Kier molecular flexibility index (Phi) is 10.5. The van der Waals surface area contributed by atoms with Gasteiger partial charge in [-0.05, 0) is 30.8 Å². The van der Waals surface area contributed by atoms with Gasteiger partial charge in [-0.25, -0.2) is 4.39 Å². The molecule has 0 radical (unpaired) electrons. The van der Waals surface area contributed by atoms with E-state index in [0.717, 1.165) is 12.1 Å². The van der Waals surface area contributed by atoms with Gasteiger partial charge < -0.3 is 5.73 Å². The number of hydrogen-bond donors (Lipinski definition) is 1. The van der Waals surface area contributed by atoms with E-state index in [2.05, 4.69) is 9.39 Å². The van der Waals surface area contributed by atoms with Crippen molar-refractivity contribution in [3.05, 3.63) is 70.0 Å². The Labute approximate surface area is 138 Å². The first-order chi connectivity index (χ1) is 10.9. The Hall–Kier alpha value is -2.04. The molecular formula is C16H23FN3O2P. The molecule has 0 aliphatic rings. The van der Waals surface area contributed by atoms with Crippen molar-refractivity contribution in [3.63, 3.8) is 0 Å². The van der Waals surface area contributed by atoms with Crippen LogP contribution in [0.3, 0.4) is 0 Å². The summed E-state index contributed by atoms with van der Waals surface area (Å²) in [4.78, 5) is 9.64. The van der Waals surface area contributed by atoms with Crippen LogP contribution >= 0.6 is 9.39 Å². The van der Waals surface area contributed by atoms with Gasteiger partial charge in [0.2, 0.25) is 0 Å². The van der Waals surface area contributed by atoms with E-state index in [1.807, 2.05) is 25.6 Å². The maximum absolute atomic E-state index is 12.4. The minimum atomic E-state index is -0.505. The highest BCUT2D eigenvalue weighted by Gasteiger charge is 2.07. The van der Waals surface area contributed by atoms with Gasteiger partial charge in [0.05, 0.1) is 4.92 Å². The second-order valence-electron chi connectivity index (χ2n) is 4.36. The van der Waals surface area contributed by atoms with Gasteiger partial charge in [-0.1, -0.05) is 47.5 Å². The molecule has 2 rings (SSSR count). The van der Waals surface area contributed by atoms with Crippen molar-refractivity contribution in [2.45, 2.75) is 20.4 Å². The highest BCUT2D eigenvalue weighted by Crippen LogP contribution is 2.18. The van der Waals surface area contributed by atoms with Crippen LogP contribution in [0.25, 0.3) is 0 Å². The van der Waals surface area contributed by atoms with Crippen LogP contribution in [-0.2, 0) is 6.54 Å². The van der Waals surface area contributed by atoms with E-state index in [1.54, 1.807) is 24.3 Å². The molecule has 0 heterocycles. The maximum Gasteiger partial charge on any atom is 0.292 e. The fraction of sp³-hybridized carbons (Fsp3) is 0.250. The lowest BCUT2D eigenvalue weighted by Crippen LogP contribution is -2.02. The molecule has 2 N–H and O–H groups in total. The van der Waals surface area contributed by atoms with Crippen LogP contribution in [0, 0.1) is 15.9 Å². The molecule has 0 saturated heterocycles. The van der Waals surface area contributed by atoms with Crippen LogP contribution in [0.2, 0.25) is 0 Å². The van der Waals surface area contributed by atoms with Crippen LogP contribution in [0.4, 0.5) is 15.8 Å². The zero-order chi connectivity index (χ0) is 17.8. The zero-order valence-electron chi connectivity index (χ0n) is 13.6. The quantitative estimate of drug-likeness (QED) is 0.393. The summed E-state index contributed by atoms with van der Waals surface area (Å²) in [5, 5.41) is 10.1. The van der Waals surface area contributed by atoms with Crippen molar-refractivity contribution in [2.24, 2.45) is 0 Å². The summed E-state index contributed by atoms with van der Waals surface area (Å²) in [5.41, 5.74) is 6.56. The summed E-state index contributed by atoms with van der Waals surface area (Å²) in [6.07, 6.45) is 0. The van der Waals surface area contributed by atoms with Gasteiger partial charge in [-0.15, -0.1) is 0 Å². The van der Waals surface area contributed by atoms with E-state index in [4.69, 9.17) is 5.73 Å². The summed E-state index contributed by atoms with van der Waals surface area (Å²) < 4.78 is 14.4. The average Bonchev–Trinajstić information content (AvgIpc) is 2.52. The standard InChI is InChI=1S/C8H11FNP.C6H6N2O2.C2H6/c1-10(11)6-7-2-4-8(9)5-3-7;7-5-3-1-2-4-6(5)8(9)10;1-2/h2-5H,6,11H2,1H3;1-4H,7H2;1-2H3. The largest absolute Gasteiger partial charge is 0.393 e. The number of benzene rings is 2. The molecular weight excluding hydrogens is 316 g/mol. The zero-order valence-corrected chi connectivity index (χ0v) is 14.7. The van der Waals surface area contributed by atoms with E-state index in [1.165, 1.54) is 24.3 Å². The number of anilines is 1. The lowest BCUT2D eigenvalue weighted by atomic mass is 10.2. The molecule has 0 spiro atoms. The fourth-order valence-electron chi connectivity index (χ4n) is 1.53. The number of nitrogens with zero attached hydrogens (tertiary/aromatic N) is 2. The van der Waals surface area contributed by atoms with Crippen LogP contribution in [0.5, 0.6) is 0 Å². The van der Waals surface area contributed by atoms with Crippen molar-refractivity contribution in [3.8, 4) is 0 Å². The molecule has 0 aliphatic carbocycles. The Balaban J connectivity index is 0.000000381. The Morgan fingerprint density at radius 3 is 2.09 bits per heavy atom. The van der Waals surface area contributed by atoms with Crippen LogP contribution in [-0.4, -0.2) is 16.6 Å². The summed E-state index contributed by atoms with van der Waals surface area (Å²) >= 11 is 0. The first-order valence-corrected chi connectivity index (χ1v) is 7.61. The minimum Gasteiger partial charge on any atom is -0.393 e. The first kappa shape index (κ1) is 21.0. The summed E-state index contributed by atoms with van der Waals surface area (Å²) in [5.74, 6) is -0.180. The van der Waals surface area contributed by atoms with Gasteiger partial charge in [0, 0.05) is 12.6 Å². The highest BCUT2D eigenvalue weighted by molar-refractivity contribution is 7.13. The second kappa shape index (κ2) is 11.5. The molecule has 23 heavy (non-hydrogen) atoms. The molecule has 5 nitrogen and oxygen atoms in total. The fourth-order valence-corrected chi connectivity index (χ4v) is 1.74. The highest BCUT2D eigenvalue weighted by atomic mass is 31.0. The van der Waals surface area contributed by atoms with E-state index in [-0.39, 0.29) is 17.2 Å². The maximum atomic E-state index is 12.4. The van der Waals surface area contributed by atoms with E-state index in [0.29, 0.717) is 0 Å². The number of nitro benzene ring substituents is 1. The Bertz CT molecular complexity index is 592. The second-order valence-corrected chi connectivity index (χ2v) is 5.24. The average molecular weight is 339 g/mol. The van der Waals surface area contributed by atoms with Crippen LogP contribution in [0.15, 0.2) is 48.5 Å². The molecule has 0 bridgehead atoms. The third kappa shape index (κ3) is 8.86. The molecule has 0 aliphatic heterocycles. The molecule has 126 valence electrons. The van der Waals surface area contributed by atoms with E-state index in [9.17, 15) is 14.5 Å². The summed E-state index contributed by atoms with van der Waals surface area (Å²) in [7, 11) is 4.51. The molecule has 0 fully saturated rings. The number of para-hydroxylation sites is 2. The predicted molar refractivity (Wildman–Crippen MR) is 96.4 cm³/mol. The number of nitro groups is 1. The topological polar surface area (TPSA) is 72.4 Å². The van der Waals surface area contributed by atoms with E-state index < -0.39 is 4.92 Å². The van der Waals surface area contributed by atoms with Gasteiger partial charge in [-0.2, -0.15) is 0 Å². The molecule has 0 amide bonds. The smallest absolute Gasteiger partial charge is 0.292 e. The number of nitrogens with two attached hydrogens (primary N) is 1. The number of nitrogen functional groups attached to an aromatic ring is 1. The molecule has 1 unspecified atom stereocenters. The first-order valence-electron chi connectivity index (χ1n) is 7.09. The number of rotatable bonds is 3. The van der Waals surface area contributed by atoms with Crippen molar-refractivity contribution >= 4 is 20.8 Å². The van der Waals surface area contributed by atoms with E-state index >= 15 is 0 Å². The number of hydrogen-bond acceptors (Lipinski definition) is 4. The van der Waals surface area contributed by atoms with Gasteiger partial charge in [0.1, 0.15) is 11.5 Å². The van der Waals surface area contributed by atoms with Crippen LogP contribution in [0.1, 0.15) is 19.4 Å². The molecule has 1 atom stereocenters. The van der Waals surface area contributed by atoms with Gasteiger partial charge in [0.15, 0.2) is 0 Å².